The topological polar surface area (TPSA) is 67.1 Å². The molecule has 0 aliphatic heterocycles. The van der Waals surface area contributed by atoms with Crippen molar-refractivity contribution < 1.29 is 0 Å². The fraction of sp³-hybridized carbons (Fsp3) is 0.600. The van der Waals surface area contributed by atoms with Gasteiger partial charge >= 0.3 is 0 Å². The first-order chi connectivity index (χ1) is 6.41. The molecule has 14 heavy (non-hydrogen) atoms. The lowest BCUT2D eigenvalue weighted by Crippen LogP contribution is -2.29. The number of nitrogens with zero attached hydrogens (tertiary/aromatic N) is 2. The summed E-state index contributed by atoms with van der Waals surface area (Å²) in [5.41, 5.74) is 7.92. The first-order valence-corrected chi connectivity index (χ1v) is 4.70. The maximum atomic E-state index is 5.84. The molecular weight excluding hydrogens is 176 g/mol. The van der Waals surface area contributed by atoms with Gasteiger partial charge in [0.05, 0.1) is 18.6 Å². The molecular formula is C10H18N4. The number of aryl methyl sites for hydroxylation is 1. The van der Waals surface area contributed by atoms with Crippen LogP contribution in [0.5, 0.6) is 0 Å². The van der Waals surface area contributed by atoms with E-state index in [-0.39, 0.29) is 5.41 Å². The molecule has 0 atom stereocenters. The Balaban J connectivity index is 2.69. The van der Waals surface area contributed by atoms with E-state index in [1.807, 2.05) is 27.7 Å². The molecule has 0 aromatic carbocycles. The number of hydrogen-bond donors (Lipinski definition) is 2. The minimum atomic E-state index is -0.0579. The van der Waals surface area contributed by atoms with Gasteiger partial charge < -0.3 is 5.73 Å². The van der Waals surface area contributed by atoms with Gasteiger partial charge in [-0.1, -0.05) is 20.8 Å². The molecule has 0 aliphatic rings. The number of rotatable bonds is 2. The Morgan fingerprint density at radius 1 is 1.57 bits per heavy atom. The largest absolute Gasteiger partial charge is 0.387 e. The molecule has 1 heterocycles. The van der Waals surface area contributed by atoms with Crippen LogP contribution in [0.15, 0.2) is 11.2 Å². The van der Waals surface area contributed by atoms with Crippen molar-refractivity contribution >= 4 is 5.84 Å². The van der Waals surface area contributed by atoms with Gasteiger partial charge in [0, 0.05) is 16.7 Å². The monoisotopic (exact) mass is 194 g/mol. The zero-order valence-electron chi connectivity index (χ0n) is 9.26. The van der Waals surface area contributed by atoms with E-state index < -0.39 is 0 Å². The molecule has 4 heteroatoms. The number of H-pyrrole nitrogens is 1. The number of nitrogens with one attached hydrogen (secondary N) is 1. The minimum absolute atomic E-state index is 0.0579. The number of nitrogens with two attached hydrogens (primary N) is 1. The summed E-state index contributed by atoms with van der Waals surface area (Å²) in [5.74, 6) is 0.679. The quantitative estimate of drug-likeness (QED) is 0.555. The predicted octanol–water partition coefficient (Wildman–Crippen LogP) is 1.62. The van der Waals surface area contributed by atoms with E-state index >= 15 is 0 Å². The summed E-state index contributed by atoms with van der Waals surface area (Å²) in [6.07, 6.45) is 1.79. The second kappa shape index (κ2) is 3.82. The fourth-order valence-corrected chi connectivity index (χ4v) is 0.943. The number of aliphatic imine (C=N–C) groups is 1. The standard InChI is InChI=1S/C10H18N4/c1-7-8(6-13-14-7)5-12-9(11)10(2,3)4/h6H,5H2,1-4H3,(H2,11,12)(H,13,14). The third kappa shape index (κ3) is 2.58. The Morgan fingerprint density at radius 2 is 2.21 bits per heavy atom. The fourth-order valence-electron chi connectivity index (χ4n) is 0.943. The van der Waals surface area contributed by atoms with Gasteiger partial charge in [0.15, 0.2) is 0 Å². The molecule has 0 saturated carbocycles. The van der Waals surface area contributed by atoms with E-state index in [2.05, 4.69) is 15.2 Å². The third-order valence-corrected chi connectivity index (χ3v) is 2.12. The lowest BCUT2D eigenvalue weighted by atomic mass is 9.95. The molecule has 4 nitrogen and oxygen atoms in total. The van der Waals surface area contributed by atoms with Crippen LogP contribution in [-0.2, 0) is 6.54 Å². The van der Waals surface area contributed by atoms with E-state index in [0.717, 1.165) is 11.3 Å². The summed E-state index contributed by atoms with van der Waals surface area (Å²) >= 11 is 0. The Labute approximate surface area is 84.6 Å². The summed E-state index contributed by atoms with van der Waals surface area (Å²) in [6, 6.07) is 0. The molecule has 0 spiro atoms. The average Bonchev–Trinajstić information content (AvgIpc) is 2.45. The molecule has 1 rings (SSSR count). The average molecular weight is 194 g/mol. The van der Waals surface area contributed by atoms with Crippen LogP contribution in [0.4, 0.5) is 0 Å². The number of hydrogen-bond acceptors (Lipinski definition) is 2. The first kappa shape index (κ1) is 10.8. The van der Waals surface area contributed by atoms with E-state index in [9.17, 15) is 0 Å². The third-order valence-electron chi connectivity index (χ3n) is 2.12. The minimum Gasteiger partial charge on any atom is -0.387 e. The molecule has 1 aromatic rings. The van der Waals surface area contributed by atoms with Crippen LogP contribution in [0, 0.1) is 12.3 Å². The number of aromatic amines is 1. The van der Waals surface area contributed by atoms with Gasteiger partial charge in [0.2, 0.25) is 0 Å². The van der Waals surface area contributed by atoms with Crippen LogP contribution in [0.2, 0.25) is 0 Å². The maximum absolute atomic E-state index is 5.84. The van der Waals surface area contributed by atoms with Crippen LogP contribution < -0.4 is 5.73 Å². The van der Waals surface area contributed by atoms with Crippen LogP contribution in [0.25, 0.3) is 0 Å². The second-order valence-electron chi connectivity index (χ2n) is 4.47. The lowest BCUT2D eigenvalue weighted by Gasteiger charge is -2.17. The van der Waals surface area contributed by atoms with Crippen molar-refractivity contribution in [1.29, 1.82) is 0 Å². The van der Waals surface area contributed by atoms with Crippen LogP contribution >= 0.6 is 0 Å². The van der Waals surface area contributed by atoms with E-state index in [1.165, 1.54) is 0 Å². The molecule has 0 bridgehead atoms. The molecule has 0 aliphatic carbocycles. The molecule has 78 valence electrons. The predicted molar refractivity (Wildman–Crippen MR) is 58.1 cm³/mol. The molecule has 0 saturated heterocycles. The van der Waals surface area contributed by atoms with Gasteiger partial charge in [0.25, 0.3) is 0 Å². The van der Waals surface area contributed by atoms with Crippen molar-refractivity contribution in [2.45, 2.75) is 34.2 Å². The Bertz CT molecular complexity index is 330. The summed E-state index contributed by atoms with van der Waals surface area (Å²) in [4.78, 5) is 4.33. The van der Waals surface area contributed by atoms with Gasteiger partial charge in [-0.3, -0.25) is 10.1 Å². The number of amidine groups is 1. The zero-order chi connectivity index (χ0) is 10.8. The van der Waals surface area contributed by atoms with Crippen LogP contribution in [0.3, 0.4) is 0 Å². The van der Waals surface area contributed by atoms with Crippen molar-refractivity contribution in [2.24, 2.45) is 16.1 Å². The van der Waals surface area contributed by atoms with Crippen molar-refractivity contribution in [2.75, 3.05) is 0 Å². The van der Waals surface area contributed by atoms with Gasteiger partial charge in [-0.05, 0) is 6.92 Å². The van der Waals surface area contributed by atoms with E-state index in [1.54, 1.807) is 6.20 Å². The summed E-state index contributed by atoms with van der Waals surface area (Å²) < 4.78 is 0. The first-order valence-electron chi connectivity index (χ1n) is 4.70. The Morgan fingerprint density at radius 3 is 2.64 bits per heavy atom. The Hall–Kier alpha value is -1.32. The van der Waals surface area contributed by atoms with Gasteiger partial charge in [0.1, 0.15) is 0 Å². The zero-order valence-corrected chi connectivity index (χ0v) is 9.26. The molecule has 1 aromatic heterocycles. The second-order valence-corrected chi connectivity index (χ2v) is 4.47. The molecule has 0 radical (unpaired) electrons. The van der Waals surface area contributed by atoms with Crippen molar-refractivity contribution in [3.05, 3.63) is 17.5 Å². The van der Waals surface area contributed by atoms with Crippen LogP contribution in [-0.4, -0.2) is 16.0 Å². The smallest absolute Gasteiger partial charge is 0.0995 e. The summed E-state index contributed by atoms with van der Waals surface area (Å²) in [7, 11) is 0. The summed E-state index contributed by atoms with van der Waals surface area (Å²) in [6.45, 7) is 8.73. The molecule has 0 amide bonds. The molecule has 3 N–H and O–H groups in total. The van der Waals surface area contributed by atoms with Crippen molar-refractivity contribution in [3.8, 4) is 0 Å². The highest BCUT2D eigenvalue weighted by Crippen LogP contribution is 2.14. The Kier molecular flexibility index (Phi) is 2.93. The van der Waals surface area contributed by atoms with Gasteiger partial charge in [-0.25, -0.2) is 0 Å². The van der Waals surface area contributed by atoms with E-state index in [4.69, 9.17) is 5.73 Å². The van der Waals surface area contributed by atoms with Gasteiger partial charge in [-0.15, -0.1) is 0 Å². The van der Waals surface area contributed by atoms with E-state index in [0.29, 0.717) is 12.4 Å². The highest BCUT2D eigenvalue weighted by Gasteiger charge is 2.15. The summed E-state index contributed by atoms with van der Waals surface area (Å²) in [5, 5.41) is 6.80. The van der Waals surface area contributed by atoms with Crippen molar-refractivity contribution in [3.63, 3.8) is 0 Å². The normalized spacial score (nSPS) is 13.3. The maximum Gasteiger partial charge on any atom is 0.0995 e. The molecule has 0 fully saturated rings. The SMILES string of the molecule is Cc1[nH]ncc1CN=C(N)C(C)(C)C. The highest BCUT2D eigenvalue weighted by molar-refractivity contribution is 5.85. The number of aromatic nitrogens is 2. The lowest BCUT2D eigenvalue weighted by molar-refractivity contribution is 0.581. The van der Waals surface area contributed by atoms with Crippen LogP contribution in [0.1, 0.15) is 32.0 Å². The van der Waals surface area contributed by atoms with Gasteiger partial charge in [-0.2, -0.15) is 5.10 Å². The van der Waals surface area contributed by atoms with Crippen molar-refractivity contribution in [1.82, 2.24) is 10.2 Å². The molecule has 0 unspecified atom stereocenters. The highest BCUT2D eigenvalue weighted by atomic mass is 15.1.